The summed E-state index contributed by atoms with van der Waals surface area (Å²) in [5.74, 6) is 0.877. The van der Waals surface area contributed by atoms with Crippen LogP contribution in [0.1, 0.15) is 42.8 Å². The van der Waals surface area contributed by atoms with E-state index in [9.17, 15) is 4.79 Å². The quantitative estimate of drug-likeness (QED) is 0.471. The largest absolute Gasteiger partial charge is 0.459 e. The van der Waals surface area contributed by atoms with Crippen LogP contribution in [-0.2, 0) is 6.54 Å². The number of guanidine groups is 1. The smallest absolute Gasteiger partial charge is 0.291 e. The van der Waals surface area contributed by atoms with Gasteiger partial charge in [0, 0.05) is 24.8 Å². The molecular weight excluding hydrogens is 366 g/mol. The molecule has 29 heavy (non-hydrogen) atoms. The summed E-state index contributed by atoms with van der Waals surface area (Å²) in [6.45, 7) is 8.90. The highest BCUT2D eigenvalue weighted by Crippen LogP contribution is 2.15. The lowest BCUT2D eigenvalue weighted by atomic mass is 10.2. The van der Waals surface area contributed by atoms with Crippen molar-refractivity contribution in [2.45, 2.75) is 39.3 Å². The standard InChI is InChI=1S/C22H31N5O2/c1-3-23-22(25-16-19-7-5-13-27(19)4-2)24-15-17-9-11-18(12-10-17)26-21(28)20-8-6-14-29-20/h6,8-12,14,19H,3-5,7,13,15-16H2,1-2H3,(H,26,28)(H2,23,24,25). The Labute approximate surface area is 172 Å². The van der Waals surface area contributed by atoms with Crippen molar-refractivity contribution in [3.8, 4) is 0 Å². The van der Waals surface area contributed by atoms with Gasteiger partial charge < -0.3 is 20.4 Å². The molecule has 1 aliphatic heterocycles. The van der Waals surface area contributed by atoms with Crippen molar-refractivity contribution in [1.29, 1.82) is 0 Å². The van der Waals surface area contributed by atoms with Crippen molar-refractivity contribution >= 4 is 17.6 Å². The fourth-order valence-electron chi connectivity index (χ4n) is 3.56. The normalized spacial score (nSPS) is 17.3. The summed E-state index contributed by atoms with van der Waals surface area (Å²) in [6.07, 6.45) is 4.00. The number of carbonyl (C=O) groups excluding carboxylic acids is 1. The molecule has 2 heterocycles. The molecule has 7 nitrogen and oxygen atoms in total. The molecule has 0 saturated carbocycles. The second-order valence-electron chi connectivity index (χ2n) is 7.13. The summed E-state index contributed by atoms with van der Waals surface area (Å²) in [7, 11) is 0. The van der Waals surface area contributed by atoms with Gasteiger partial charge in [-0.15, -0.1) is 0 Å². The highest BCUT2D eigenvalue weighted by Gasteiger charge is 2.22. The third-order valence-electron chi connectivity index (χ3n) is 5.13. The number of anilines is 1. The van der Waals surface area contributed by atoms with Crippen LogP contribution in [0, 0.1) is 0 Å². The summed E-state index contributed by atoms with van der Waals surface area (Å²) < 4.78 is 5.11. The zero-order valence-corrected chi connectivity index (χ0v) is 17.3. The van der Waals surface area contributed by atoms with Crippen LogP contribution >= 0.6 is 0 Å². The molecule has 1 aliphatic rings. The molecule has 0 spiro atoms. The number of nitrogens with one attached hydrogen (secondary N) is 3. The van der Waals surface area contributed by atoms with Gasteiger partial charge >= 0.3 is 0 Å². The minimum atomic E-state index is -0.257. The fourth-order valence-corrected chi connectivity index (χ4v) is 3.56. The van der Waals surface area contributed by atoms with Gasteiger partial charge in [-0.2, -0.15) is 0 Å². The summed E-state index contributed by atoms with van der Waals surface area (Å²) in [6, 6.07) is 11.6. The van der Waals surface area contributed by atoms with Crippen LogP contribution in [0.15, 0.2) is 52.1 Å². The van der Waals surface area contributed by atoms with Gasteiger partial charge in [0.25, 0.3) is 5.91 Å². The lowest BCUT2D eigenvalue weighted by Crippen LogP contribution is -2.44. The number of aliphatic imine (C=N–C) groups is 1. The van der Waals surface area contributed by atoms with E-state index in [0.717, 1.165) is 36.8 Å². The van der Waals surface area contributed by atoms with Gasteiger partial charge in [-0.3, -0.25) is 9.69 Å². The molecule has 3 rings (SSSR count). The van der Waals surface area contributed by atoms with Gasteiger partial charge in [-0.05, 0) is 62.7 Å². The molecule has 1 saturated heterocycles. The zero-order valence-electron chi connectivity index (χ0n) is 17.3. The van der Waals surface area contributed by atoms with E-state index in [1.165, 1.54) is 25.6 Å². The maximum atomic E-state index is 12.0. The predicted octanol–water partition coefficient (Wildman–Crippen LogP) is 3.07. The van der Waals surface area contributed by atoms with Crippen molar-refractivity contribution in [2.24, 2.45) is 4.99 Å². The first-order chi connectivity index (χ1) is 14.2. The minimum Gasteiger partial charge on any atom is -0.459 e. The van der Waals surface area contributed by atoms with Crippen molar-refractivity contribution in [3.63, 3.8) is 0 Å². The summed E-state index contributed by atoms with van der Waals surface area (Å²) in [5, 5.41) is 9.62. The first-order valence-electron chi connectivity index (χ1n) is 10.4. The number of nitrogens with zero attached hydrogens (tertiary/aromatic N) is 2. The van der Waals surface area contributed by atoms with Gasteiger partial charge in [0.15, 0.2) is 11.7 Å². The second-order valence-corrected chi connectivity index (χ2v) is 7.13. The summed E-state index contributed by atoms with van der Waals surface area (Å²) >= 11 is 0. The summed E-state index contributed by atoms with van der Waals surface area (Å²) in [4.78, 5) is 19.2. The van der Waals surface area contributed by atoms with Gasteiger partial charge in [0.1, 0.15) is 0 Å². The van der Waals surface area contributed by atoms with Crippen molar-refractivity contribution < 1.29 is 9.21 Å². The summed E-state index contributed by atoms with van der Waals surface area (Å²) in [5.41, 5.74) is 1.80. The molecule has 1 atom stereocenters. The number of rotatable bonds is 8. The van der Waals surface area contributed by atoms with E-state index in [-0.39, 0.29) is 5.91 Å². The van der Waals surface area contributed by atoms with Crippen LogP contribution < -0.4 is 16.0 Å². The molecular formula is C22H31N5O2. The number of hydrogen-bond acceptors (Lipinski definition) is 4. The third-order valence-corrected chi connectivity index (χ3v) is 5.13. The number of benzene rings is 1. The Bertz CT molecular complexity index is 786. The average molecular weight is 398 g/mol. The molecule has 156 valence electrons. The van der Waals surface area contributed by atoms with E-state index < -0.39 is 0 Å². The maximum Gasteiger partial charge on any atom is 0.291 e. The average Bonchev–Trinajstić information content (AvgIpc) is 3.43. The molecule has 1 aromatic carbocycles. The van der Waals surface area contributed by atoms with Crippen LogP contribution in [-0.4, -0.2) is 49.0 Å². The first kappa shape index (κ1) is 20.9. The van der Waals surface area contributed by atoms with Crippen LogP contribution in [0.5, 0.6) is 0 Å². The SMILES string of the molecule is CCNC(=NCc1ccc(NC(=O)c2ccco2)cc1)NCC1CCCN1CC. The molecule has 3 N–H and O–H groups in total. The monoisotopic (exact) mass is 397 g/mol. The molecule has 0 bridgehead atoms. The Balaban J connectivity index is 1.52. The fraction of sp³-hybridized carbons (Fsp3) is 0.455. The Morgan fingerprint density at radius 2 is 2.03 bits per heavy atom. The second kappa shape index (κ2) is 10.7. The first-order valence-corrected chi connectivity index (χ1v) is 10.4. The van der Waals surface area contributed by atoms with Gasteiger partial charge in [-0.1, -0.05) is 19.1 Å². The van der Waals surface area contributed by atoms with E-state index in [1.807, 2.05) is 24.3 Å². The molecule has 1 aromatic heterocycles. The number of furan rings is 1. The number of amides is 1. The predicted molar refractivity (Wildman–Crippen MR) is 116 cm³/mol. The molecule has 0 radical (unpaired) electrons. The molecule has 1 amide bonds. The molecule has 0 aliphatic carbocycles. The number of likely N-dealkylation sites (N-methyl/N-ethyl adjacent to an activating group) is 1. The lowest BCUT2D eigenvalue weighted by Gasteiger charge is -2.24. The number of carbonyl (C=O) groups is 1. The topological polar surface area (TPSA) is 81.9 Å². The van der Waals surface area contributed by atoms with Gasteiger partial charge in [-0.25, -0.2) is 4.99 Å². The molecule has 2 aromatic rings. The Kier molecular flexibility index (Phi) is 7.69. The number of hydrogen-bond donors (Lipinski definition) is 3. The van der Waals surface area contributed by atoms with Crippen molar-refractivity contribution in [3.05, 3.63) is 54.0 Å². The van der Waals surface area contributed by atoms with Crippen molar-refractivity contribution in [2.75, 3.05) is 31.5 Å². The van der Waals surface area contributed by atoms with Crippen LogP contribution in [0.2, 0.25) is 0 Å². The molecule has 1 unspecified atom stereocenters. The van der Waals surface area contributed by atoms with E-state index in [2.05, 4.69) is 34.7 Å². The minimum absolute atomic E-state index is 0.257. The maximum absolute atomic E-state index is 12.0. The van der Waals surface area contributed by atoms with E-state index >= 15 is 0 Å². The lowest BCUT2D eigenvalue weighted by molar-refractivity contribution is 0.0996. The van der Waals surface area contributed by atoms with Crippen LogP contribution in [0.4, 0.5) is 5.69 Å². The van der Waals surface area contributed by atoms with Gasteiger partial charge in [0.2, 0.25) is 0 Å². The van der Waals surface area contributed by atoms with Gasteiger partial charge in [0.05, 0.1) is 12.8 Å². The number of likely N-dealkylation sites (tertiary alicyclic amines) is 1. The highest BCUT2D eigenvalue weighted by molar-refractivity contribution is 6.02. The Morgan fingerprint density at radius 3 is 2.72 bits per heavy atom. The van der Waals surface area contributed by atoms with E-state index in [0.29, 0.717) is 18.3 Å². The third kappa shape index (κ3) is 6.09. The Morgan fingerprint density at radius 1 is 1.21 bits per heavy atom. The zero-order chi connectivity index (χ0) is 20.5. The molecule has 1 fully saturated rings. The van der Waals surface area contributed by atoms with E-state index in [4.69, 9.17) is 9.41 Å². The van der Waals surface area contributed by atoms with E-state index in [1.54, 1.807) is 12.1 Å². The molecule has 7 heteroatoms. The Hall–Kier alpha value is -2.80. The van der Waals surface area contributed by atoms with Crippen LogP contribution in [0.3, 0.4) is 0 Å². The van der Waals surface area contributed by atoms with Crippen LogP contribution in [0.25, 0.3) is 0 Å². The van der Waals surface area contributed by atoms with Crippen molar-refractivity contribution in [1.82, 2.24) is 15.5 Å². The highest BCUT2D eigenvalue weighted by atomic mass is 16.3.